The van der Waals surface area contributed by atoms with Crippen LogP contribution in [0.1, 0.15) is 74.9 Å². The van der Waals surface area contributed by atoms with E-state index < -0.39 is 0 Å². The van der Waals surface area contributed by atoms with E-state index in [1.54, 1.807) is 0 Å². The van der Waals surface area contributed by atoms with Crippen LogP contribution in [0.3, 0.4) is 0 Å². The molecule has 1 saturated carbocycles. The maximum Gasteiger partial charge on any atom is 0.223 e. The lowest BCUT2D eigenvalue weighted by Crippen LogP contribution is -2.20. The maximum absolute atomic E-state index is 5.91. The fourth-order valence-electron chi connectivity index (χ4n) is 3.27. The highest BCUT2D eigenvalue weighted by Crippen LogP contribution is 2.31. The van der Waals surface area contributed by atoms with Gasteiger partial charge in [0.2, 0.25) is 5.95 Å². The van der Waals surface area contributed by atoms with Crippen LogP contribution in [0.15, 0.2) is 0 Å². The molecular weight excluding hydrogens is 252 g/mol. The summed E-state index contributed by atoms with van der Waals surface area (Å²) in [6.07, 6.45) is 9.76. The zero-order valence-corrected chi connectivity index (χ0v) is 12.1. The molecule has 2 heterocycles. The summed E-state index contributed by atoms with van der Waals surface area (Å²) >= 11 is 0. The number of hydrogen-bond donors (Lipinski definition) is 1. The number of aromatic nitrogens is 3. The van der Waals surface area contributed by atoms with Gasteiger partial charge in [0.25, 0.3) is 0 Å². The average Bonchev–Trinajstić information content (AvgIpc) is 2.77. The van der Waals surface area contributed by atoms with Crippen molar-refractivity contribution in [2.75, 3.05) is 18.9 Å². The van der Waals surface area contributed by atoms with Crippen molar-refractivity contribution in [2.24, 2.45) is 0 Å². The monoisotopic (exact) mass is 276 g/mol. The highest BCUT2D eigenvalue weighted by Gasteiger charge is 2.23. The Bertz CT molecular complexity index is 437. The molecule has 2 aliphatic rings. The van der Waals surface area contributed by atoms with Crippen LogP contribution < -0.4 is 5.73 Å². The van der Waals surface area contributed by atoms with Crippen molar-refractivity contribution < 1.29 is 4.74 Å². The number of anilines is 1. The molecule has 1 aromatic heterocycles. The van der Waals surface area contributed by atoms with Gasteiger partial charge in [0.05, 0.1) is 6.61 Å². The fraction of sp³-hybridized carbons (Fsp3) is 0.800. The van der Waals surface area contributed by atoms with Crippen LogP contribution in [0.5, 0.6) is 0 Å². The lowest BCUT2D eigenvalue weighted by molar-refractivity contribution is 0.0779. The van der Waals surface area contributed by atoms with E-state index >= 15 is 0 Å². The predicted octanol–water partition coefficient (Wildman–Crippen LogP) is 2.79. The first-order valence-corrected chi connectivity index (χ1v) is 7.92. The highest BCUT2D eigenvalue weighted by molar-refractivity contribution is 5.19. The second-order valence-corrected chi connectivity index (χ2v) is 6.01. The minimum absolute atomic E-state index is 0.290. The molecule has 0 radical (unpaired) electrons. The van der Waals surface area contributed by atoms with E-state index in [1.165, 1.54) is 38.5 Å². The molecule has 1 aliphatic carbocycles. The van der Waals surface area contributed by atoms with Gasteiger partial charge in [-0.15, -0.1) is 0 Å². The van der Waals surface area contributed by atoms with E-state index in [2.05, 4.69) is 9.97 Å². The van der Waals surface area contributed by atoms with E-state index in [1.807, 2.05) is 0 Å². The van der Waals surface area contributed by atoms with Gasteiger partial charge >= 0.3 is 0 Å². The van der Waals surface area contributed by atoms with Crippen LogP contribution in [0.2, 0.25) is 0 Å². The van der Waals surface area contributed by atoms with Gasteiger partial charge in [-0.3, -0.25) is 0 Å². The molecule has 1 atom stereocenters. The molecule has 1 aromatic rings. The van der Waals surface area contributed by atoms with Crippen LogP contribution in [0.25, 0.3) is 0 Å². The number of nitrogens with zero attached hydrogens (tertiary/aromatic N) is 3. The molecule has 0 aromatic carbocycles. The summed E-state index contributed by atoms with van der Waals surface area (Å²) in [5.74, 6) is 2.89. The van der Waals surface area contributed by atoms with Gasteiger partial charge in [-0.05, 0) is 25.7 Å². The first kappa shape index (κ1) is 13.7. The molecule has 0 spiro atoms. The molecule has 0 bridgehead atoms. The van der Waals surface area contributed by atoms with Gasteiger partial charge in [0.1, 0.15) is 11.6 Å². The van der Waals surface area contributed by atoms with Crippen molar-refractivity contribution in [2.45, 2.75) is 63.2 Å². The average molecular weight is 276 g/mol. The predicted molar refractivity (Wildman–Crippen MR) is 77.5 cm³/mol. The SMILES string of the molecule is Nc1nc(C2CCCCCC2)nc(C2CCCOC2)n1. The first-order valence-electron chi connectivity index (χ1n) is 7.92. The standard InChI is InChI=1S/C15H24N4O/c16-15-18-13(11-6-3-1-2-4-7-11)17-14(19-15)12-8-5-9-20-10-12/h11-12H,1-10H2,(H2,16,17,18,19). The van der Waals surface area contributed by atoms with Crippen molar-refractivity contribution in [1.29, 1.82) is 0 Å². The van der Waals surface area contributed by atoms with Crippen molar-refractivity contribution in [3.63, 3.8) is 0 Å². The number of nitrogen functional groups attached to an aromatic ring is 1. The second-order valence-electron chi connectivity index (χ2n) is 6.01. The second kappa shape index (κ2) is 6.48. The molecule has 110 valence electrons. The summed E-state index contributed by atoms with van der Waals surface area (Å²) in [6.45, 7) is 1.57. The van der Waals surface area contributed by atoms with Crippen LogP contribution in [0, 0.1) is 0 Å². The van der Waals surface area contributed by atoms with Gasteiger partial charge < -0.3 is 10.5 Å². The Balaban J connectivity index is 1.81. The molecule has 2 fully saturated rings. The number of nitrogens with two attached hydrogens (primary N) is 1. The normalized spacial score (nSPS) is 25.3. The first-order chi connectivity index (χ1) is 9.83. The van der Waals surface area contributed by atoms with Gasteiger partial charge in [-0.2, -0.15) is 9.97 Å². The van der Waals surface area contributed by atoms with E-state index in [4.69, 9.17) is 15.5 Å². The van der Waals surface area contributed by atoms with E-state index in [9.17, 15) is 0 Å². The summed E-state index contributed by atoms with van der Waals surface area (Å²) in [7, 11) is 0. The third-order valence-corrected chi connectivity index (χ3v) is 4.43. The quantitative estimate of drug-likeness (QED) is 0.841. The Labute approximate surface area is 120 Å². The number of ether oxygens (including phenoxy) is 1. The van der Waals surface area contributed by atoms with Crippen molar-refractivity contribution in [3.05, 3.63) is 11.6 Å². The molecule has 1 saturated heterocycles. The third kappa shape index (κ3) is 3.26. The minimum atomic E-state index is 0.290. The fourth-order valence-corrected chi connectivity index (χ4v) is 3.27. The molecule has 5 heteroatoms. The molecule has 0 amide bonds. The van der Waals surface area contributed by atoms with Crippen LogP contribution in [-0.4, -0.2) is 28.2 Å². The minimum Gasteiger partial charge on any atom is -0.381 e. The lowest BCUT2D eigenvalue weighted by atomic mass is 9.98. The number of hydrogen-bond acceptors (Lipinski definition) is 5. The Morgan fingerprint density at radius 2 is 1.45 bits per heavy atom. The smallest absolute Gasteiger partial charge is 0.223 e. The maximum atomic E-state index is 5.91. The Morgan fingerprint density at radius 3 is 2.10 bits per heavy atom. The Morgan fingerprint density at radius 1 is 0.800 bits per heavy atom. The molecular formula is C15H24N4O. The van der Waals surface area contributed by atoms with E-state index in [-0.39, 0.29) is 0 Å². The van der Waals surface area contributed by atoms with E-state index in [0.717, 1.165) is 31.1 Å². The van der Waals surface area contributed by atoms with Crippen molar-refractivity contribution >= 4 is 5.95 Å². The van der Waals surface area contributed by atoms with Crippen LogP contribution in [0.4, 0.5) is 5.95 Å². The van der Waals surface area contributed by atoms with Gasteiger partial charge in [0, 0.05) is 18.4 Å². The largest absolute Gasteiger partial charge is 0.381 e. The summed E-state index contributed by atoms with van der Waals surface area (Å²) in [6, 6.07) is 0. The highest BCUT2D eigenvalue weighted by atomic mass is 16.5. The van der Waals surface area contributed by atoms with Gasteiger partial charge in [-0.25, -0.2) is 4.98 Å². The molecule has 2 N–H and O–H groups in total. The van der Waals surface area contributed by atoms with Crippen molar-refractivity contribution in [1.82, 2.24) is 15.0 Å². The zero-order chi connectivity index (χ0) is 13.8. The molecule has 1 aliphatic heterocycles. The Kier molecular flexibility index (Phi) is 4.45. The lowest BCUT2D eigenvalue weighted by Gasteiger charge is -2.22. The molecule has 1 unspecified atom stereocenters. The summed E-state index contributed by atoms with van der Waals surface area (Å²) in [4.78, 5) is 13.5. The van der Waals surface area contributed by atoms with Crippen molar-refractivity contribution in [3.8, 4) is 0 Å². The molecule has 20 heavy (non-hydrogen) atoms. The zero-order valence-electron chi connectivity index (χ0n) is 12.1. The van der Waals surface area contributed by atoms with Gasteiger partial charge in [-0.1, -0.05) is 25.7 Å². The molecule has 5 nitrogen and oxygen atoms in total. The van der Waals surface area contributed by atoms with E-state index in [0.29, 0.717) is 24.4 Å². The van der Waals surface area contributed by atoms with Crippen LogP contribution in [-0.2, 0) is 4.74 Å². The van der Waals surface area contributed by atoms with Crippen LogP contribution >= 0.6 is 0 Å². The number of rotatable bonds is 2. The Hall–Kier alpha value is -1.23. The summed E-state index contributed by atoms with van der Waals surface area (Å²) < 4.78 is 5.54. The summed E-state index contributed by atoms with van der Waals surface area (Å²) in [5, 5.41) is 0. The summed E-state index contributed by atoms with van der Waals surface area (Å²) in [5.41, 5.74) is 5.91. The third-order valence-electron chi connectivity index (χ3n) is 4.43. The topological polar surface area (TPSA) is 73.9 Å². The molecule has 3 rings (SSSR count). The van der Waals surface area contributed by atoms with Gasteiger partial charge in [0.15, 0.2) is 0 Å².